The highest BCUT2D eigenvalue weighted by atomic mass is 35.5. The Hall–Kier alpha value is -1.92. The molecule has 6 nitrogen and oxygen atoms in total. The van der Waals surface area contributed by atoms with Gasteiger partial charge >= 0.3 is 0 Å². The van der Waals surface area contributed by atoms with Crippen LogP contribution < -0.4 is 5.32 Å². The van der Waals surface area contributed by atoms with Gasteiger partial charge < -0.3 is 10.4 Å². The SMILES string of the molecule is CCc1c(C(=O)NC2CCC(O)CC2)nnn1-c1cccc(Cl)c1. The first kappa shape index (κ1) is 16.9. The van der Waals surface area contributed by atoms with E-state index in [1.165, 1.54) is 0 Å². The monoisotopic (exact) mass is 348 g/mol. The Labute approximate surface area is 145 Å². The van der Waals surface area contributed by atoms with Crippen molar-refractivity contribution in [3.8, 4) is 5.69 Å². The largest absolute Gasteiger partial charge is 0.393 e. The van der Waals surface area contributed by atoms with E-state index in [0.29, 0.717) is 17.1 Å². The minimum absolute atomic E-state index is 0.0851. The molecule has 0 spiro atoms. The van der Waals surface area contributed by atoms with Gasteiger partial charge in [-0.05, 0) is 50.3 Å². The molecule has 7 heteroatoms. The molecule has 3 rings (SSSR count). The van der Waals surface area contributed by atoms with Crippen LogP contribution in [-0.2, 0) is 6.42 Å². The van der Waals surface area contributed by atoms with Crippen molar-refractivity contribution in [3.05, 3.63) is 40.7 Å². The number of nitrogens with zero attached hydrogens (tertiary/aromatic N) is 3. The van der Waals surface area contributed by atoms with Crippen LogP contribution in [0.1, 0.15) is 48.8 Å². The predicted octanol–water partition coefficient (Wildman–Crippen LogP) is 2.52. The minimum atomic E-state index is -0.243. The lowest BCUT2D eigenvalue weighted by Gasteiger charge is -2.25. The van der Waals surface area contributed by atoms with Crippen LogP contribution in [0, 0.1) is 0 Å². The molecule has 128 valence electrons. The van der Waals surface area contributed by atoms with E-state index in [2.05, 4.69) is 15.6 Å². The Kier molecular flexibility index (Phi) is 5.16. The molecule has 1 aliphatic carbocycles. The van der Waals surface area contributed by atoms with E-state index in [1.54, 1.807) is 16.8 Å². The van der Waals surface area contributed by atoms with Gasteiger partial charge in [-0.15, -0.1) is 5.10 Å². The molecular formula is C17H21ClN4O2. The molecule has 2 N–H and O–H groups in total. The summed E-state index contributed by atoms with van der Waals surface area (Å²) >= 11 is 6.04. The lowest BCUT2D eigenvalue weighted by Crippen LogP contribution is -2.39. The van der Waals surface area contributed by atoms with Crippen LogP contribution in [0.4, 0.5) is 0 Å². The van der Waals surface area contributed by atoms with Crippen LogP contribution in [0.15, 0.2) is 24.3 Å². The van der Waals surface area contributed by atoms with Gasteiger partial charge in [0.25, 0.3) is 5.91 Å². The number of amides is 1. The van der Waals surface area contributed by atoms with Gasteiger partial charge in [-0.25, -0.2) is 4.68 Å². The van der Waals surface area contributed by atoms with E-state index in [-0.39, 0.29) is 18.1 Å². The van der Waals surface area contributed by atoms with Crippen molar-refractivity contribution in [2.75, 3.05) is 0 Å². The molecule has 1 aliphatic rings. The molecule has 0 radical (unpaired) electrons. The van der Waals surface area contributed by atoms with Crippen LogP contribution in [0.5, 0.6) is 0 Å². The number of aliphatic hydroxyl groups is 1. The number of carbonyl (C=O) groups excluding carboxylic acids is 1. The molecule has 0 bridgehead atoms. The van der Waals surface area contributed by atoms with Crippen LogP contribution in [-0.4, -0.2) is 38.2 Å². The molecule has 1 aromatic carbocycles. The summed E-state index contributed by atoms with van der Waals surface area (Å²) in [6.45, 7) is 1.97. The molecular weight excluding hydrogens is 328 g/mol. The smallest absolute Gasteiger partial charge is 0.273 e. The number of carbonyl (C=O) groups is 1. The first-order valence-electron chi connectivity index (χ1n) is 8.28. The fourth-order valence-corrected chi connectivity index (χ4v) is 3.27. The summed E-state index contributed by atoms with van der Waals surface area (Å²) in [5.41, 5.74) is 1.89. The number of aliphatic hydroxyl groups excluding tert-OH is 1. The molecule has 1 saturated carbocycles. The van der Waals surface area contributed by atoms with Gasteiger partial charge in [0.15, 0.2) is 5.69 Å². The topological polar surface area (TPSA) is 80.0 Å². The molecule has 1 fully saturated rings. The average Bonchev–Trinajstić information content (AvgIpc) is 3.01. The third kappa shape index (κ3) is 3.60. The molecule has 1 aromatic heterocycles. The van der Waals surface area contributed by atoms with Crippen molar-refractivity contribution < 1.29 is 9.90 Å². The van der Waals surface area contributed by atoms with Crippen molar-refractivity contribution in [1.29, 1.82) is 0 Å². The zero-order chi connectivity index (χ0) is 17.1. The number of hydrogen-bond donors (Lipinski definition) is 2. The second-order valence-corrected chi connectivity index (χ2v) is 6.55. The summed E-state index contributed by atoms with van der Waals surface area (Å²) < 4.78 is 1.66. The fourth-order valence-electron chi connectivity index (χ4n) is 3.08. The molecule has 2 aromatic rings. The average molecular weight is 349 g/mol. The quantitative estimate of drug-likeness (QED) is 0.889. The summed E-state index contributed by atoms with van der Waals surface area (Å²) in [6, 6.07) is 7.38. The maximum Gasteiger partial charge on any atom is 0.273 e. The van der Waals surface area contributed by atoms with E-state index in [0.717, 1.165) is 37.1 Å². The number of rotatable bonds is 4. The molecule has 0 unspecified atom stereocenters. The first-order chi connectivity index (χ1) is 11.6. The van der Waals surface area contributed by atoms with Gasteiger partial charge in [0, 0.05) is 11.1 Å². The second kappa shape index (κ2) is 7.32. The van der Waals surface area contributed by atoms with Crippen molar-refractivity contribution >= 4 is 17.5 Å². The van der Waals surface area contributed by atoms with E-state index >= 15 is 0 Å². The summed E-state index contributed by atoms with van der Waals surface area (Å²) in [5.74, 6) is -0.207. The maximum atomic E-state index is 12.6. The molecule has 1 heterocycles. The second-order valence-electron chi connectivity index (χ2n) is 6.11. The van der Waals surface area contributed by atoms with Crippen molar-refractivity contribution in [2.24, 2.45) is 0 Å². The highest BCUT2D eigenvalue weighted by Crippen LogP contribution is 2.20. The van der Waals surface area contributed by atoms with E-state index < -0.39 is 0 Å². The number of nitrogens with one attached hydrogen (secondary N) is 1. The predicted molar refractivity (Wildman–Crippen MR) is 91.5 cm³/mol. The highest BCUT2D eigenvalue weighted by Gasteiger charge is 2.25. The molecule has 0 aliphatic heterocycles. The van der Waals surface area contributed by atoms with Crippen molar-refractivity contribution in [2.45, 2.75) is 51.2 Å². The van der Waals surface area contributed by atoms with Crippen molar-refractivity contribution in [3.63, 3.8) is 0 Å². The van der Waals surface area contributed by atoms with Gasteiger partial charge in [-0.1, -0.05) is 29.8 Å². The van der Waals surface area contributed by atoms with Gasteiger partial charge in [0.05, 0.1) is 17.5 Å². The standard InChI is InChI=1S/C17H21ClN4O2/c1-2-15-16(17(24)19-12-6-8-14(23)9-7-12)20-21-22(15)13-5-3-4-11(18)10-13/h3-5,10,12,14,23H,2,6-9H2,1H3,(H,19,24). The Bertz CT molecular complexity index is 723. The first-order valence-corrected chi connectivity index (χ1v) is 8.65. The Balaban J connectivity index is 1.80. The van der Waals surface area contributed by atoms with E-state index in [1.807, 2.05) is 19.1 Å². The van der Waals surface area contributed by atoms with Gasteiger partial charge in [0.1, 0.15) is 0 Å². The van der Waals surface area contributed by atoms with Crippen LogP contribution >= 0.6 is 11.6 Å². The van der Waals surface area contributed by atoms with Crippen LogP contribution in [0.25, 0.3) is 5.69 Å². The van der Waals surface area contributed by atoms with Crippen LogP contribution in [0.3, 0.4) is 0 Å². The van der Waals surface area contributed by atoms with Gasteiger partial charge in [-0.2, -0.15) is 0 Å². The number of hydrogen-bond acceptors (Lipinski definition) is 4. The maximum absolute atomic E-state index is 12.6. The Morgan fingerprint density at radius 3 is 2.79 bits per heavy atom. The zero-order valence-corrected chi connectivity index (χ0v) is 14.3. The highest BCUT2D eigenvalue weighted by molar-refractivity contribution is 6.30. The molecule has 0 saturated heterocycles. The summed E-state index contributed by atoms with van der Waals surface area (Å²) in [6.07, 6.45) is 3.41. The number of halogens is 1. The van der Waals surface area contributed by atoms with Gasteiger partial charge in [0.2, 0.25) is 0 Å². The summed E-state index contributed by atoms with van der Waals surface area (Å²) in [5, 5.41) is 21.4. The van der Waals surface area contributed by atoms with Crippen molar-refractivity contribution in [1.82, 2.24) is 20.3 Å². The zero-order valence-electron chi connectivity index (χ0n) is 13.6. The summed E-state index contributed by atoms with van der Waals surface area (Å²) in [7, 11) is 0. The third-order valence-corrected chi connectivity index (χ3v) is 4.63. The Morgan fingerprint density at radius 1 is 1.38 bits per heavy atom. The Morgan fingerprint density at radius 2 is 2.12 bits per heavy atom. The number of aromatic nitrogens is 3. The normalized spacial score (nSPS) is 20.8. The third-order valence-electron chi connectivity index (χ3n) is 4.40. The summed E-state index contributed by atoms with van der Waals surface area (Å²) in [4.78, 5) is 12.6. The van der Waals surface area contributed by atoms with E-state index in [9.17, 15) is 9.90 Å². The molecule has 0 atom stereocenters. The number of benzene rings is 1. The minimum Gasteiger partial charge on any atom is -0.393 e. The lowest BCUT2D eigenvalue weighted by molar-refractivity contribution is 0.0862. The molecule has 24 heavy (non-hydrogen) atoms. The molecule has 1 amide bonds. The fraction of sp³-hybridized carbons (Fsp3) is 0.471. The van der Waals surface area contributed by atoms with Gasteiger partial charge in [-0.3, -0.25) is 4.79 Å². The lowest BCUT2D eigenvalue weighted by atomic mass is 9.93. The van der Waals surface area contributed by atoms with Crippen LogP contribution in [0.2, 0.25) is 5.02 Å². The van der Waals surface area contributed by atoms with E-state index in [4.69, 9.17) is 11.6 Å².